The number of likely N-dealkylation sites (tertiary alicyclic amines) is 1. The van der Waals surface area contributed by atoms with E-state index in [4.69, 9.17) is 4.74 Å². The molecule has 0 bridgehead atoms. The highest BCUT2D eigenvalue weighted by Crippen LogP contribution is 2.42. The van der Waals surface area contributed by atoms with Gasteiger partial charge < -0.3 is 19.9 Å². The zero-order chi connectivity index (χ0) is 22.9. The fourth-order valence-corrected chi connectivity index (χ4v) is 4.44. The fraction of sp³-hybridized carbons (Fsp3) is 0.519. The number of nitrogens with one attached hydrogen (secondary N) is 1. The number of hydrogen-bond donors (Lipinski definition) is 1. The second-order valence-electron chi connectivity index (χ2n) is 10.3. The quantitative estimate of drug-likeness (QED) is 0.484. The number of fused-ring (bicyclic) bond motifs is 1. The lowest BCUT2D eigenvalue weighted by atomic mass is 9.97. The second-order valence-corrected chi connectivity index (χ2v) is 10.3. The lowest BCUT2D eigenvalue weighted by molar-refractivity contribution is -0.142. The van der Waals surface area contributed by atoms with E-state index in [0.29, 0.717) is 5.75 Å². The van der Waals surface area contributed by atoms with Crippen LogP contribution in [-0.2, 0) is 4.79 Å². The molecule has 1 N–H and O–H groups in total. The van der Waals surface area contributed by atoms with Crippen LogP contribution in [-0.4, -0.2) is 37.0 Å². The van der Waals surface area contributed by atoms with E-state index in [0.717, 1.165) is 13.1 Å². The van der Waals surface area contributed by atoms with Crippen molar-refractivity contribution in [2.75, 3.05) is 36.4 Å². The largest absolute Gasteiger partial charge is 0.426 e. The molecule has 2 aromatic carbocycles. The molecule has 2 heterocycles. The number of hydrogen-bond acceptors (Lipinski definition) is 5. The number of esters is 1. The molecule has 1 fully saturated rings. The van der Waals surface area contributed by atoms with Crippen molar-refractivity contribution in [1.29, 1.82) is 0 Å². The Morgan fingerprint density at radius 2 is 1.66 bits per heavy atom. The number of rotatable bonds is 5. The van der Waals surface area contributed by atoms with E-state index in [9.17, 15) is 4.79 Å². The molecule has 2 aromatic rings. The van der Waals surface area contributed by atoms with Crippen molar-refractivity contribution < 1.29 is 9.53 Å². The molecular formula is C27H37N3O2. The maximum absolute atomic E-state index is 12.2. The summed E-state index contributed by atoms with van der Waals surface area (Å²) >= 11 is 0. The first-order valence-corrected chi connectivity index (χ1v) is 11.9. The number of carbonyl (C=O) groups excluding carboxylic acids is 1. The lowest BCUT2D eigenvalue weighted by Crippen LogP contribution is -2.39. The number of benzene rings is 2. The van der Waals surface area contributed by atoms with Crippen LogP contribution in [0.4, 0.5) is 11.4 Å². The number of piperidine rings is 1. The van der Waals surface area contributed by atoms with Crippen molar-refractivity contribution in [2.24, 2.45) is 5.41 Å². The summed E-state index contributed by atoms with van der Waals surface area (Å²) in [6.45, 7) is 14.4. The Morgan fingerprint density at radius 1 is 1.00 bits per heavy atom. The molecule has 0 amide bonds. The molecule has 0 aliphatic carbocycles. The second kappa shape index (κ2) is 9.14. The fourth-order valence-electron chi connectivity index (χ4n) is 4.44. The molecule has 172 valence electrons. The topological polar surface area (TPSA) is 44.8 Å². The zero-order valence-corrected chi connectivity index (χ0v) is 20.2. The van der Waals surface area contributed by atoms with Crippen molar-refractivity contribution in [2.45, 2.75) is 60.0 Å². The normalized spacial score (nSPS) is 18.9. The molecule has 5 heteroatoms. The summed E-state index contributed by atoms with van der Waals surface area (Å²) in [5.74, 6) is 0.376. The van der Waals surface area contributed by atoms with Crippen LogP contribution in [0, 0.1) is 19.3 Å². The van der Waals surface area contributed by atoms with Gasteiger partial charge in [0.25, 0.3) is 0 Å². The SMILES string of the molecule is Cc1cc2c(cc1C)N(CCN1CCCCC1)C(c1ccc(OC(=O)C(C)(C)C)cc1)N2. The Labute approximate surface area is 192 Å². The van der Waals surface area contributed by atoms with Gasteiger partial charge in [-0.05, 0) is 102 Å². The standard InChI is InChI=1S/C27H37N3O2/c1-19-17-23-24(18-20(19)2)30(16-15-29-13-7-6-8-14-29)25(28-23)21-9-11-22(12-10-21)32-26(31)27(3,4)5/h9-12,17-18,25,28H,6-8,13-16H2,1-5H3. The van der Waals surface area contributed by atoms with Gasteiger partial charge in [0.1, 0.15) is 11.9 Å². The van der Waals surface area contributed by atoms with E-state index >= 15 is 0 Å². The highest BCUT2D eigenvalue weighted by Gasteiger charge is 2.31. The number of carbonyl (C=O) groups is 1. The molecule has 2 aliphatic rings. The molecule has 0 radical (unpaired) electrons. The van der Waals surface area contributed by atoms with E-state index in [1.54, 1.807) is 0 Å². The maximum atomic E-state index is 12.2. The first kappa shape index (κ1) is 22.7. The summed E-state index contributed by atoms with van der Waals surface area (Å²) < 4.78 is 5.56. The highest BCUT2D eigenvalue weighted by molar-refractivity contribution is 5.79. The van der Waals surface area contributed by atoms with Crippen molar-refractivity contribution in [3.63, 3.8) is 0 Å². The average molecular weight is 436 g/mol. The van der Waals surface area contributed by atoms with E-state index in [1.165, 1.54) is 60.4 Å². The van der Waals surface area contributed by atoms with E-state index < -0.39 is 5.41 Å². The van der Waals surface area contributed by atoms with Crippen molar-refractivity contribution in [3.05, 3.63) is 53.1 Å². The molecule has 1 unspecified atom stereocenters. The van der Waals surface area contributed by atoms with Gasteiger partial charge in [0, 0.05) is 13.1 Å². The molecule has 2 aliphatic heterocycles. The highest BCUT2D eigenvalue weighted by atomic mass is 16.5. The van der Waals surface area contributed by atoms with Crippen molar-refractivity contribution in [3.8, 4) is 5.75 Å². The van der Waals surface area contributed by atoms with E-state index in [1.807, 2.05) is 32.9 Å². The number of aryl methyl sites for hydroxylation is 2. The summed E-state index contributed by atoms with van der Waals surface area (Å²) in [4.78, 5) is 17.3. The van der Waals surface area contributed by atoms with Crippen LogP contribution < -0.4 is 15.0 Å². The Hall–Kier alpha value is -2.53. The number of anilines is 2. The third-order valence-corrected chi connectivity index (χ3v) is 6.65. The summed E-state index contributed by atoms with van der Waals surface area (Å²) in [5.41, 5.74) is 5.74. The Bertz CT molecular complexity index is 956. The van der Waals surface area contributed by atoms with Gasteiger partial charge in [0.2, 0.25) is 0 Å². The first-order chi connectivity index (χ1) is 15.2. The van der Waals surface area contributed by atoms with Gasteiger partial charge in [0.05, 0.1) is 16.8 Å². The molecule has 0 spiro atoms. The molecule has 5 nitrogen and oxygen atoms in total. The monoisotopic (exact) mass is 435 g/mol. The summed E-state index contributed by atoms with van der Waals surface area (Å²) in [6, 6.07) is 12.5. The molecule has 4 rings (SSSR count). The van der Waals surface area contributed by atoms with Gasteiger partial charge in [-0.25, -0.2) is 0 Å². The van der Waals surface area contributed by atoms with Crippen LogP contribution in [0.15, 0.2) is 36.4 Å². The Kier molecular flexibility index (Phi) is 6.47. The van der Waals surface area contributed by atoms with Crippen molar-refractivity contribution in [1.82, 2.24) is 4.90 Å². The minimum absolute atomic E-state index is 0.0726. The maximum Gasteiger partial charge on any atom is 0.316 e. The van der Waals surface area contributed by atoms with Gasteiger partial charge >= 0.3 is 5.97 Å². The predicted molar refractivity (Wildman–Crippen MR) is 131 cm³/mol. The van der Waals surface area contributed by atoms with Gasteiger partial charge in [0.15, 0.2) is 0 Å². The first-order valence-electron chi connectivity index (χ1n) is 11.9. The third kappa shape index (κ3) is 4.93. The van der Waals surface area contributed by atoms with Gasteiger partial charge in [-0.1, -0.05) is 18.6 Å². The minimum Gasteiger partial charge on any atom is -0.426 e. The Morgan fingerprint density at radius 3 is 2.31 bits per heavy atom. The molecule has 0 aromatic heterocycles. The molecule has 0 saturated carbocycles. The average Bonchev–Trinajstić information content (AvgIpc) is 3.10. The van der Waals surface area contributed by atoms with Gasteiger partial charge in [-0.15, -0.1) is 0 Å². The van der Waals surface area contributed by atoms with E-state index in [2.05, 4.69) is 53.2 Å². The van der Waals surface area contributed by atoms with Crippen LogP contribution in [0.25, 0.3) is 0 Å². The van der Waals surface area contributed by atoms with Gasteiger partial charge in [-0.2, -0.15) is 0 Å². The number of nitrogens with zero attached hydrogens (tertiary/aromatic N) is 2. The zero-order valence-electron chi connectivity index (χ0n) is 20.2. The van der Waals surface area contributed by atoms with Gasteiger partial charge in [-0.3, -0.25) is 4.79 Å². The summed E-state index contributed by atoms with van der Waals surface area (Å²) in [7, 11) is 0. The van der Waals surface area contributed by atoms with E-state index in [-0.39, 0.29) is 12.1 Å². The van der Waals surface area contributed by atoms with Crippen LogP contribution >= 0.6 is 0 Å². The predicted octanol–water partition coefficient (Wildman–Crippen LogP) is 5.67. The Balaban J connectivity index is 1.54. The van der Waals surface area contributed by atoms with Crippen LogP contribution in [0.5, 0.6) is 5.75 Å². The summed E-state index contributed by atoms with van der Waals surface area (Å²) in [5, 5.41) is 3.74. The molecule has 32 heavy (non-hydrogen) atoms. The number of ether oxygens (including phenoxy) is 1. The van der Waals surface area contributed by atoms with Crippen LogP contribution in [0.1, 0.15) is 62.9 Å². The van der Waals surface area contributed by atoms with Crippen LogP contribution in [0.2, 0.25) is 0 Å². The van der Waals surface area contributed by atoms with Crippen LogP contribution in [0.3, 0.4) is 0 Å². The molecular weight excluding hydrogens is 398 g/mol. The third-order valence-electron chi connectivity index (χ3n) is 6.65. The van der Waals surface area contributed by atoms with Crippen molar-refractivity contribution >= 4 is 17.3 Å². The summed E-state index contributed by atoms with van der Waals surface area (Å²) in [6.07, 6.45) is 4.05. The lowest BCUT2D eigenvalue weighted by Gasteiger charge is -2.32. The smallest absolute Gasteiger partial charge is 0.316 e. The minimum atomic E-state index is -0.520. The molecule has 1 atom stereocenters. The molecule has 1 saturated heterocycles.